The number of amides is 1. The summed E-state index contributed by atoms with van der Waals surface area (Å²) in [4.78, 5) is 17.7. The van der Waals surface area contributed by atoms with E-state index in [-0.39, 0.29) is 16.6 Å². The number of pyridine rings is 1. The molecule has 4 nitrogen and oxygen atoms in total. The van der Waals surface area contributed by atoms with Crippen LogP contribution in [-0.4, -0.2) is 16.1 Å². The van der Waals surface area contributed by atoms with Gasteiger partial charge in [-0.2, -0.15) is 5.26 Å². The van der Waals surface area contributed by atoms with E-state index in [9.17, 15) is 10.1 Å². The predicted molar refractivity (Wildman–Crippen MR) is 129 cm³/mol. The van der Waals surface area contributed by atoms with Crippen molar-refractivity contribution in [2.24, 2.45) is 11.3 Å². The van der Waals surface area contributed by atoms with E-state index in [1.165, 1.54) is 17.3 Å². The SMILES string of the molecule is CCC(Sc1nc2c(cc1C#N)CC(C(C)(C)C)CC2)C(=O)Nc1ccc(Cl)c(Cl)c1. The van der Waals surface area contributed by atoms with E-state index in [0.717, 1.165) is 25.0 Å². The van der Waals surface area contributed by atoms with Crippen molar-refractivity contribution in [1.82, 2.24) is 4.98 Å². The van der Waals surface area contributed by atoms with E-state index in [2.05, 4.69) is 32.2 Å². The van der Waals surface area contributed by atoms with Gasteiger partial charge in [-0.25, -0.2) is 4.98 Å². The van der Waals surface area contributed by atoms with Crippen LogP contribution in [0.3, 0.4) is 0 Å². The molecule has 0 saturated heterocycles. The highest BCUT2D eigenvalue weighted by atomic mass is 35.5. The van der Waals surface area contributed by atoms with Gasteiger partial charge in [0.15, 0.2) is 0 Å². The summed E-state index contributed by atoms with van der Waals surface area (Å²) in [5.41, 5.74) is 3.58. The maximum atomic E-state index is 12.9. The quantitative estimate of drug-likeness (QED) is 0.476. The molecule has 164 valence electrons. The van der Waals surface area contributed by atoms with Crippen molar-refractivity contribution in [2.45, 2.75) is 63.7 Å². The molecule has 1 heterocycles. The Bertz CT molecular complexity index is 1030. The summed E-state index contributed by atoms with van der Waals surface area (Å²) in [6, 6.07) is 9.26. The highest BCUT2D eigenvalue weighted by Crippen LogP contribution is 2.38. The maximum absolute atomic E-state index is 12.9. The minimum atomic E-state index is -0.377. The summed E-state index contributed by atoms with van der Waals surface area (Å²) in [5.74, 6) is 0.425. The van der Waals surface area contributed by atoms with Crippen LogP contribution in [0.15, 0.2) is 29.3 Å². The number of hydrogen-bond donors (Lipinski definition) is 1. The minimum absolute atomic E-state index is 0.151. The molecular formula is C24H27Cl2N3OS. The number of anilines is 1. The van der Waals surface area contributed by atoms with Crippen LogP contribution in [0.25, 0.3) is 0 Å². The van der Waals surface area contributed by atoms with Gasteiger partial charge in [0.2, 0.25) is 5.91 Å². The van der Waals surface area contributed by atoms with Crippen molar-refractivity contribution in [1.29, 1.82) is 5.26 Å². The molecule has 0 fully saturated rings. The number of benzene rings is 1. The fraction of sp³-hybridized carbons (Fsp3) is 0.458. The molecule has 3 rings (SSSR count). The summed E-state index contributed by atoms with van der Waals surface area (Å²) in [6.45, 7) is 8.75. The predicted octanol–water partition coefficient (Wildman–Crippen LogP) is 6.92. The molecule has 1 N–H and O–H groups in total. The number of hydrogen-bond acceptors (Lipinski definition) is 4. The molecule has 1 aliphatic carbocycles. The number of thioether (sulfide) groups is 1. The van der Waals surface area contributed by atoms with Gasteiger partial charge in [-0.15, -0.1) is 0 Å². The Kier molecular flexibility index (Phi) is 7.57. The average Bonchev–Trinajstić information content (AvgIpc) is 2.72. The summed E-state index contributed by atoms with van der Waals surface area (Å²) in [5, 5.41) is 13.7. The largest absolute Gasteiger partial charge is 0.325 e. The summed E-state index contributed by atoms with van der Waals surface area (Å²) in [6.07, 6.45) is 3.55. The molecule has 0 radical (unpaired) electrons. The smallest absolute Gasteiger partial charge is 0.237 e. The lowest BCUT2D eigenvalue weighted by Gasteiger charge is -2.34. The van der Waals surface area contributed by atoms with E-state index >= 15 is 0 Å². The van der Waals surface area contributed by atoms with E-state index in [4.69, 9.17) is 28.2 Å². The van der Waals surface area contributed by atoms with Gasteiger partial charge < -0.3 is 5.32 Å². The monoisotopic (exact) mass is 475 g/mol. The van der Waals surface area contributed by atoms with E-state index in [0.29, 0.717) is 38.7 Å². The molecule has 31 heavy (non-hydrogen) atoms. The van der Waals surface area contributed by atoms with Crippen molar-refractivity contribution >= 4 is 46.6 Å². The zero-order valence-electron chi connectivity index (χ0n) is 18.3. The Hall–Kier alpha value is -1.74. The number of nitrogens with zero attached hydrogens (tertiary/aromatic N) is 2. The lowest BCUT2D eigenvalue weighted by molar-refractivity contribution is -0.115. The molecule has 0 spiro atoms. The van der Waals surface area contributed by atoms with Crippen molar-refractivity contribution < 1.29 is 4.79 Å². The summed E-state index contributed by atoms with van der Waals surface area (Å²) >= 11 is 13.4. The average molecular weight is 476 g/mol. The Morgan fingerprint density at radius 2 is 2.06 bits per heavy atom. The first-order valence-electron chi connectivity index (χ1n) is 10.5. The molecule has 1 amide bonds. The first kappa shape index (κ1) is 23.9. The molecule has 1 aromatic heterocycles. The summed E-state index contributed by atoms with van der Waals surface area (Å²) < 4.78 is 0. The van der Waals surface area contributed by atoms with Gasteiger partial charge in [0.05, 0.1) is 20.9 Å². The van der Waals surface area contributed by atoms with E-state index < -0.39 is 0 Å². The molecule has 0 aliphatic heterocycles. The normalized spacial score (nSPS) is 16.9. The van der Waals surface area contributed by atoms with Crippen molar-refractivity contribution in [3.63, 3.8) is 0 Å². The first-order chi connectivity index (χ1) is 14.6. The third-order valence-corrected chi connectivity index (χ3v) is 7.91. The fourth-order valence-corrected chi connectivity index (χ4v) is 5.10. The third kappa shape index (κ3) is 5.74. The topological polar surface area (TPSA) is 65.8 Å². The van der Waals surface area contributed by atoms with Crippen LogP contribution < -0.4 is 5.32 Å². The molecular weight excluding hydrogens is 449 g/mol. The molecule has 7 heteroatoms. The van der Waals surface area contributed by atoms with Gasteiger partial charge in [0.1, 0.15) is 11.1 Å². The lowest BCUT2D eigenvalue weighted by atomic mass is 9.71. The molecule has 0 saturated carbocycles. The minimum Gasteiger partial charge on any atom is -0.325 e. The van der Waals surface area contributed by atoms with E-state index in [1.807, 2.05) is 13.0 Å². The molecule has 1 aromatic carbocycles. The van der Waals surface area contributed by atoms with Gasteiger partial charge in [0, 0.05) is 11.4 Å². The highest BCUT2D eigenvalue weighted by Gasteiger charge is 2.30. The van der Waals surface area contributed by atoms with Gasteiger partial charge >= 0.3 is 0 Å². The van der Waals surface area contributed by atoms with Crippen molar-refractivity contribution in [2.75, 3.05) is 5.32 Å². The number of fused-ring (bicyclic) bond motifs is 1. The second kappa shape index (κ2) is 9.81. The van der Waals surface area contributed by atoms with Gasteiger partial charge in [-0.3, -0.25) is 4.79 Å². The number of aromatic nitrogens is 1. The Balaban J connectivity index is 1.79. The van der Waals surface area contributed by atoms with Gasteiger partial charge in [0.25, 0.3) is 0 Å². The maximum Gasteiger partial charge on any atom is 0.237 e. The van der Waals surface area contributed by atoms with Crippen LogP contribution in [0, 0.1) is 22.7 Å². The second-order valence-corrected chi connectivity index (χ2v) is 11.0. The Morgan fingerprint density at radius 1 is 1.32 bits per heavy atom. The standard InChI is InChI=1S/C24H27Cl2N3OS/c1-5-21(22(30)28-17-7-8-18(25)19(26)12-17)31-23-15(13-27)10-14-11-16(24(2,3)4)6-9-20(14)29-23/h7-8,10,12,16,21H,5-6,9,11H2,1-4H3,(H,28,30). The Labute approximate surface area is 198 Å². The fourth-order valence-electron chi connectivity index (χ4n) is 3.81. The number of carbonyl (C=O) groups is 1. The highest BCUT2D eigenvalue weighted by molar-refractivity contribution is 8.00. The third-order valence-electron chi connectivity index (χ3n) is 5.80. The van der Waals surface area contributed by atoms with Crippen LogP contribution in [0.5, 0.6) is 0 Å². The van der Waals surface area contributed by atoms with Crippen molar-refractivity contribution in [3.8, 4) is 6.07 Å². The van der Waals surface area contributed by atoms with Crippen molar-refractivity contribution in [3.05, 3.63) is 51.1 Å². The van der Waals surface area contributed by atoms with Crippen LogP contribution in [0.1, 0.15) is 57.4 Å². The van der Waals surface area contributed by atoms with Gasteiger partial charge in [-0.1, -0.05) is 62.7 Å². The van der Waals surface area contributed by atoms with Crippen LogP contribution in [0.4, 0.5) is 5.69 Å². The molecule has 2 aromatic rings. The second-order valence-electron chi connectivity index (χ2n) is 9.00. The van der Waals surface area contributed by atoms with E-state index in [1.54, 1.807) is 18.2 Å². The number of halogens is 2. The zero-order chi connectivity index (χ0) is 22.8. The van der Waals surface area contributed by atoms with Crippen LogP contribution in [-0.2, 0) is 17.6 Å². The molecule has 2 unspecified atom stereocenters. The number of nitriles is 1. The molecule has 2 atom stereocenters. The lowest BCUT2D eigenvalue weighted by Crippen LogP contribution is -2.28. The molecule has 1 aliphatic rings. The molecule has 0 bridgehead atoms. The number of aryl methyl sites for hydroxylation is 1. The number of nitrogens with one attached hydrogen (secondary N) is 1. The zero-order valence-corrected chi connectivity index (χ0v) is 20.6. The number of rotatable bonds is 5. The Morgan fingerprint density at radius 3 is 2.68 bits per heavy atom. The number of carbonyl (C=O) groups excluding carboxylic acids is 1. The summed E-state index contributed by atoms with van der Waals surface area (Å²) in [7, 11) is 0. The van der Waals surface area contributed by atoms with Crippen LogP contribution >= 0.6 is 35.0 Å². The first-order valence-corrected chi connectivity index (χ1v) is 12.1. The van der Waals surface area contributed by atoms with Gasteiger partial charge in [-0.05, 0) is 66.8 Å². The van der Waals surface area contributed by atoms with Crippen LogP contribution in [0.2, 0.25) is 10.0 Å².